The Morgan fingerprint density at radius 2 is 1.82 bits per heavy atom. The molecule has 0 unspecified atom stereocenters. The van der Waals surface area contributed by atoms with Crippen molar-refractivity contribution in [2.75, 3.05) is 7.05 Å². The molecular formula is C18H18F2N6O2. The first-order valence-electron chi connectivity index (χ1n) is 8.29. The van der Waals surface area contributed by atoms with Crippen LogP contribution in [-0.4, -0.2) is 38.2 Å². The Bertz CT molecular complexity index is 1090. The lowest BCUT2D eigenvalue weighted by atomic mass is 10.0. The molecule has 0 saturated heterocycles. The van der Waals surface area contributed by atoms with Gasteiger partial charge in [-0.2, -0.15) is 5.10 Å². The lowest BCUT2D eigenvalue weighted by molar-refractivity contribution is -0.121. The van der Waals surface area contributed by atoms with Gasteiger partial charge < -0.3 is 15.6 Å². The third-order valence-corrected chi connectivity index (χ3v) is 4.39. The molecule has 0 spiro atoms. The summed E-state index contributed by atoms with van der Waals surface area (Å²) in [5, 5.41) is 6.63. The predicted molar refractivity (Wildman–Crippen MR) is 97.1 cm³/mol. The summed E-state index contributed by atoms with van der Waals surface area (Å²) in [6, 6.07) is 2.81. The van der Waals surface area contributed by atoms with Gasteiger partial charge >= 0.3 is 0 Å². The van der Waals surface area contributed by atoms with E-state index in [1.54, 1.807) is 6.92 Å². The maximum absolute atomic E-state index is 14.8. The zero-order valence-electron chi connectivity index (χ0n) is 15.5. The molecule has 2 heterocycles. The van der Waals surface area contributed by atoms with Crippen molar-refractivity contribution < 1.29 is 18.4 Å². The van der Waals surface area contributed by atoms with Gasteiger partial charge in [0, 0.05) is 37.0 Å². The van der Waals surface area contributed by atoms with E-state index in [2.05, 4.69) is 15.4 Å². The van der Waals surface area contributed by atoms with Crippen LogP contribution >= 0.6 is 0 Å². The Labute approximate surface area is 159 Å². The molecule has 0 atom stereocenters. The van der Waals surface area contributed by atoms with Crippen LogP contribution in [0, 0.1) is 18.6 Å². The molecule has 2 amide bonds. The van der Waals surface area contributed by atoms with E-state index in [0.717, 1.165) is 0 Å². The fourth-order valence-electron chi connectivity index (χ4n) is 2.93. The minimum Gasteiger partial charge on any atom is -0.363 e. The molecular weight excluding hydrogens is 370 g/mol. The van der Waals surface area contributed by atoms with Crippen LogP contribution in [0.3, 0.4) is 0 Å². The molecule has 0 bridgehead atoms. The number of aromatic nitrogens is 4. The Kier molecular flexibility index (Phi) is 4.95. The third-order valence-electron chi connectivity index (χ3n) is 4.39. The lowest BCUT2D eigenvalue weighted by Crippen LogP contribution is -2.23. The molecule has 0 fully saturated rings. The molecule has 8 nitrogen and oxygen atoms in total. The van der Waals surface area contributed by atoms with E-state index < -0.39 is 17.5 Å². The van der Waals surface area contributed by atoms with E-state index in [0.29, 0.717) is 11.3 Å². The number of nitrogens with zero attached hydrogens (tertiary/aromatic N) is 4. The molecule has 146 valence electrons. The molecule has 0 saturated carbocycles. The summed E-state index contributed by atoms with van der Waals surface area (Å²) in [6.45, 7) is 1.60. The Morgan fingerprint density at radius 3 is 2.43 bits per heavy atom. The normalized spacial score (nSPS) is 10.9. The molecule has 3 aromatic rings. The number of amides is 2. The maximum Gasteiger partial charge on any atom is 0.284 e. The second-order valence-electron chi connectivity index (χ2n) is 6.18. The highest BCUT2D eigenvalue weighted by Crippen LogP contribution is 2.32. The van der Waals surface area contributed by atoms with Gasteiger partial charge in [-0.3, -0.25) is 14.3 Å². The quantitative estimate of drug-likeness (QED) is 0.688. The van der Waals surface area contributed by atoms with Crippen molar-refractivity contribution in [2.24, 2.45) is 12.8 Å². The topological polar surface area (TPSA) is 108 Å². The average molecular weight is 388 g/mol. The van der Waals surface area contributed by atoms with Crippen molar-refractivity contribution in [2.45, 2.75) is 13.5 Å². The molecule has 2 aromatic heterocycles. The first-order valence-corrected chi connectivity index (χ1v) is 8.29. The van der Waals surface area contributed by atoms with Crippen molar-refractivity contribution in [1.29, 1.82) is 0 Å². The highest BCUT2D eigenvalue weighted by atomic mass is 19.2. The number of benzene rings is 1. The fraction of sp³-hybridized carbons (Fsp3) is 0.222. The first-order chi connectivity index (χ1) is 13.2. The summed E-state index contributed by atoms with van der Waals surface area (Å²) in [6.07, 6.45) is 2.74. The van der Waals surface area contributed by atoms with Crippen molar-refractivity contribution in [3.8, 4) is 22.4 Å². The van der Waals surface area contributed by atoms with Gasteiger partial charge in [0.15, 0.2) is 17.5 Å². The van der Waals surface area contributed by atoms with Gasteiger partial charge in [-0.25, -0.2) is 13.8 Å². The number of rotatable bonds is 5. The number of halogens is 2. The van der Waals surface area contributed by atoms with Crippen molar-refractivity contribution in [3.05, 3.63) is 47.7 Å². The van der Waals surface area contributed by atoms with Gasteiger partial charge in [0.1, 0.15) is 6.54 Å². The minimum atomic E-state index is -1.09. The number of likely N-dealkylation sites (N-methyl/N-ethyl adjacent to an activating group) is 1. The number of nitrogens with one attached hydrogen (secondary N) is 1. The number of aryl methyl sites for hydroxylation is 1. The average Bonchev–Trinajstić information content (AvgIpc) is 3.20. The van der Waals surface area contributed by atoms with Crippen LogP contribution < -0.4 is 11.1 Å². The van der Waals surface area contributed by atoms with E-state index in [-0.39, 0.29) is 35.1 Å². The molecule has 3 N–H and O–H groups in total. The summed E-state index contributed by atoms with van der Waals surface area (Å²) in [7, 11) is 2.98. The summed E-state index contributed by atoms with van der Waals surface area (Å²) in [5.74, 6) is -3.26. The Balaban J connectivity index is 2.04. The zero-order chi connectivity index (χ0) is 20.6. The van der Waals surface area contributed by atoms with E-state index in [9.17, 15) is 18.4 Å². The Hall–Kier alpha value is -3.56. The number of nitrogens with two attached hydrogens (primary N) is 1. The van der Waals surface area contributed by atoms with Gasteiger partial charge in [0.05, 0.1) is 17.6 Å². The molecule has 0 aliphatic carbocycles. The van der Waals surface area contributed by atoms with Crippen molar-refractivity contribution in [3.63, 3.8) is 0 Å². The summed E-state index contributed by atoms with van der Waals surface area (Å²) >= 11 is 0. The van der Waals surface area contributed by atoms with E-state index in [1.165, 1.54) is 47.9 Å². The maximum atomic E-state index is 14.8. The number of hydrogen-bond donors (Lipinski definition) is 2. The molecule has 0 aliphatic rings. The summed E-state index contributed by atoms with van der Waals surface area (Å²) in [4.78, 5) is 26.7. The van der Waals surface area contributed by atoms with Crippen LogP contribution in [0.5, 0.6) is 0 Å². The van der Waals surface area contributed by atoms with Gasteiger partial charge in [0.25, 0.3) is 5.91 Å². The van der Waals surface area contributed by atoms with Crippen LogP contribution in [-0.2, 0) is 18.4 Å². The highest BCUT2D eigenvalue weighted by molar-refractivity contribution is 5.90. The van der Waals surface area contributed by atoms with Gasteiger partial charge in [-0.05, 0) is 13.0 Å². The van der Waals surface area contributed by atoms with E-state index >= 15 is 0 Å². The number of hydrogen-bond acceptors (Lipinski definition) is 4. The van der Waals surface area contributed by atoms with Crippen LogP contribution in [0.4, 0.5) is 8.78 Å². The van der Waals surface area contributed by atoms with Crippen molar-refractivity contribution >= 4 is 11.8 Å². The predicted octanol–water partition coefficient (Wildman–Crippen LogP) is 1.38. The number of imidazole rings is 1. The van der Waals surface area contributed by atoms with Crippen LogP contribution in [0.15, 0.2) is 24.5 Å². The first kappa shape index (κ1) is 19.2. The van der Waals surface area contributed by atoms with Gasteiger partial charge in [-0.15, -0.1) is 0 Å². The fourth-order valence-corrected chi connectivity index (χ4v) is 2.93. The summed E-state index contributed by atoms with van der Waals surface area (Å²) in [5.41, 5.74) is 6.20. The molecule has 3 rings (SSSR count). The third kappa shape index (κ3) is 3.24. The SMILES string of the molecule is CNC(=O)Cn1cc(-c2ccc(-c3cnc(C(N)=O)n3C)c(F)c2F)c(C)n1. The van der Waals surface area contributed by atoms with Crippen molar-refractivity contribution in [1.82, 2.24) is 24.6 Å². The van der Waals surface area contributed by atoms with Crippen LogP contribution in [0.25, 0.3) is 22.4 Å². The molecule has 28 heavy (non-hydrogen) atoms. The monoisotopic (exact) mass is 388 g/mol. The number of carbonyl (C=O) groups excluding carboxylic acids is 2. The lowest BCUT2D eigenvalue weighted by Gasteiger charge is -2.09. The largest absolute Gasteiger partial charge is 0.363 e. The standard InChI is InChI=1S/C18H18F2N6O2/c1-9-12(7-26(24-9)8-14(27)22-2)10-4-5-11(16(20)15(10)19)13-6-23-18(17(21)28)25(13)3/h4-7H,8H2,1-3H3,(H2,21,28)(H,22,27). The van der Waals surface area contributed by atoms with Crippen LogP contribution in [0.2, 0.25) is 0 Å². The highest BCUT2D eigenvalue weighted by Gasteiger charge is 2.22. The minimum absolute atomic E-state index is 0.0131. The molecule has 1 aromatic carbocycles. The van der Waals surface area contributed by atoms with Gasteiger partial charge in [-0.1, -0.05) is 6.07 Å². The molecule has 10 heteroatoms. The zero-order valence-corrected chi connectivity index (χ0v) is 15.5. The number of primary amides is 1. The van der Waals surface area contributed by atoms with E-state index in [1.807, 2.05) is 0 Å². The van der Waals surface area contributed by atoms with E-state index in [4.69, 9.17) is 5.73 Å². The van der Waals surface area contributed by atoms with Crippen LogP contribution in [0.1, 0.15) is 16.3 Å². The number of carbonyl (C=O) groups is 2. The molecule has 0 radical (unpaired) electrons. The Morgan fingerprint density at radius 1 is 1.18 bits per heavy atom. The second kappa shape index (κ2) is 7.22. The second-order valence-corrected chi connectivity index (χ2v) is 6.18. The molecule has 0 aliphatic heterocycles. The smallest absolute Gasteiger partial charge is 0.284 e. The van der Waals surface area contributed by atoms with Gasteiger partial charge in [0.2, 0.25) is 5.91 Å². The summed E-state index contributed by atoms with van der Waals surface area (Å²) < 4.78 is 32.3.